The van der Waals surface area contributed by atoms with E-state index in [1.807, 2.05) is 30.4 Å². The minimum absolute atomic E-state index is 0.909. The number of rotatable bonds is 1. The highest BCUT2D eigenvalue weighted by Gasteiger charge is 2.18. The number of fused-ring (bicyclic) bond motifs is 1. The SMILES string of the molecule is Cc1cc(-c2nnc3n2CCSCC3)nn1C. The van der Waals surface area contributed by atoms with Gasteiger partial charge >= 0.3 is 0 Å². The zero-order valence-electron chi connectivity index (χ0n) is 10.1. The van der Waals surface area contributed by atoms with Gasteiger partial charge in [0, 0.05) is 37.2 Å². The van der Waals surface area contributed by atoms with Crippen molar-refractivity contribution in [2.24, 2.45) is 7.05 Å². The van der Waals surface area contributed by atoms with Crippen LogP contribution in [0.25, 0.3) is 11.5 Å². The Balaban J connectivity index is 2.06. The van der Waals surface area contributed by atoms with Crippen molar-refractivity contribution < 1.29 is 0 Å². The van der Waals surface area contributed by atoms with Crippen molar-refractivity contribution in [3.8, 4) is 11.5 Å². The predicted molar refractivity (Wildman–Crippen MR) is 68.0 cm³/mol. The van der Waals surface area contributed by atoms with Crippen LogP contribution >= 0.6 is 11.8 Å². The minimum atomic E-state index is 0.909. The van der Waals surface area contributed by atoms with Crippen LogP contribution in [0.4, 0.5) is 0 Å². The van der Waals surface area contributed by atoms with Gasteiger partial charge < -0.3 is 4.57 Å². The van der Waals surface area contributed by atoms with Gasteiger partial charge in [-0.05, 0) is 13.0 Å². The summed E-state index contributed by atoms with van der Waals surface area (Å²) in [5.74, 6) is 4.27. The molecule has 1 aliphatic heterocycles. The summed E-state index contributed by atoms with van der Waals surface area (Å²) in [6.45, 7) is 3.03. The van der Waals surface area contributed by atoms with Gasteiger partial charge in [-0.2, -0.15) is 16.9 Å². The molecule has 5 nitrogen and oxygen atoms in total. The maximum Gasteiger partial charge on any atom is 0.184 e. The number of aryl methyl sites for hydroxylation is 3. The van der Waals surface area contributed by atoms with E-state index in [-0.39, 0.29) is 0 Å². The Bertz CT molecular complexity index is 523. The van der Waals surface area contributed by atoms with Crippen LogP contribution < -0.4 is 0 Å². The molecule has 0 amide bonds. The number of nitrogens with zero attached hydrogens (tertiary/aromatic N) is 5. The molecule has 90 valence electrons. The molecule has 0 aliphatic carbocycles. The Hall–Kier alpha value is -1.30. The summed E-state index contributed by atoms with van der Waals surface area (Å²) in [5, 5.41) is 13.1. The third kappa shape index (κ3) is 1.86. The lowest BCUT2D eigenvalue weighted by Gasteiger charge is -2.03. The Morgan fingerprint density at radius 2 is 2.18 bits per heavy atom. The van der Waals surface area contributed by atoms with Crippen LogP contribution in [0, 0.1) is 6.92 Å². The highest BCUT2D eigenvalue weighted by molar-refractivity contribution is 7.99. The first-order valence-corrected chi connectivity index (χ1v) is 6.92. The molecule has 0 saturated carbocycles. The molecule has 0 aromatic carbocycles. The maximum absolute atomic E-state index is 4.48. The van der Waals surface area contributed by atoms with E-state index < -0.39 is 0 Å². The van der Waals surface area contributed by atoms with Crippen LogP contribution in [0.15, 0.2) is 6.07 Å². The van der Waals surface area contributed by atoms with Gasteiger partial charge in [-0.15, -0.1) is 10.2 Å². The topological polar surface area (TPSA) is 48.5 Å². The molecule has 0 N–H and O–H groups in total. The van der Waals surface area contributed by atoms with Gasteiger partial charge in [0.2, 0.25) is 0 Å². The van der Waals surface area contributed by atoms with Crippen molar-refractivity contribution in [3.63, 3.8) is 0 Å². The third-order valence-electron chi connectivity index (χ3n) is 3.10. The second-order valence-corrected chi connectivity index (χ2v) is 5.47. The molecule has 6 heteroatoms. The summed E-state index contributed by atoms with van der Waals surface area (Å²) >= 11 is 1.97. The molecule has 0 fully saturated rings. The van der Waals surface area contributed by atoms with Crippen molar-refractivity contribution in [2.45, 2.75) is 19.9 Å². The van der Waals surface area contributed by atoms with Gasteiger partial charge in [-0.25, -0.2) is 0 Å². The molecule has 0 radical (unpaired) electrons. The van der Waals surface area contributed by atoms with E-state index in [9.17, 15) is 0 Å². The molecule has 2 aromatic heterocycles. The molecular formula is C11H15N5S. The van der Waals surface area contributed by atoms with Gasteiger partial charge in [-0.3, -0.25) is 4.68 Å². The van der Waals surface area contributed by atoms with Crippen molar-refractivity contribution in [3.05, 3.63) is 17.6 Å². The second kappa shape index (κ2) is 4.18. The first-order chi connectivity index (χ1) is 8.25. The quantitative estimate of drug-likeness (QED) is 0.764. The zero-order valence-corrected chi connectivity index (χ0v) is 10.9. The normalized spacial score (nSPS) is 15.6. The zero-order chi connectivity index (χ0) is 11.8. The number of thioether (sulfide) groups is 1. The van der Waals surface area contributed by atoms with Gasteiger partial charge in [0.25, 0.3) is 0 Å². The molecule has 3 heterocycles. The number of hydrogen-bond donors (Lipinski definition) is 0. The molecule has 1 aliphatic rings. The monoisotopic (exact) mass is 249 g/mol. The maximum atomic E-state index is 4.48. The van der Waals surface area contributed by atoms with Gasteiger partial charge in [0.1, 0.15) is 11.5 Å². The molecule has 0 bridgehead atoms. The highest BCUT2D eigenvalue weighted by Crippen LogP contribution is 2.21. The van der Waals surface area contributed by atoms with Gasteiger partial charge in [0.15, 0.2) is 5.82 Å². The molecule has 0 atom stereocenters. The first kappa shape index (κ1) is 10.8. The van der Waals surface area contributed by atoms with E-state index in [1.165, 1.54) is 0 Å². The average Bonchev–Trinajstić information content (AvgIpc) is 2.76. The Morgan fingerprint density at radius 1 is 1.29 bits per heavy atom. The lowest BCUT2D eigenvalue weighted by Crippen LogP contribution is -2.05. The highest BCUT2D eigenvalue weighted by atomic mass is 32.2. The number of hydrogen-bond acceptors (Lipinski definition) is 4. The fourth-order valence-corrected chi connectivity index (χ4v) is 2.88. The van der Waals surface area contributed by atoms with E-state index in [4.69, 9.17) is 0 Å². The van der Waals surface area contributed by atoms with Crippen molar-refractivity contribution in [1.82, 2.24) is 24.5 Å². The summed E-state index contributed by atoms with van der Waals surface area (Å²) in [4.78, 5) is 0. The Labute approximate surface area is 104 Å². The minimum Gasteiger partial charge on any atom is -0.309 e. The van der Waals surface area contributed by atoms with Gasteiger partial charge in [0.05, 0.1) is 0 Å². The second-order valence-electron chi connectivity index (χ2n) is 4.25. The van der Waals surface area contributed by atoms with Crippen LogP contribution in [0.5, 0.6) is 0 Å². The first-order valence-electron chi connectivity index (χ1n) is 5.76. The average molecular weight is 249 g/mol. The summed E-state index contributed by atoms with van der Waals surface area (Å²) in [5.41, 5.74) is 2.07. The van der Waals surface area contributed by atoms with E-state index in [0.717, 1.165) is 47.5 Å². The van der Waals surface area contributed by atoms with Crippen LogP contribution in [-0.2, 0) is 20.0 Å². The standard InChI is InChI=1S/C11H15N5S/c1-8-7-9(14-15(8)2)11-13-12-10-3-5-17-6-4-16(10)11/h7H,3-6H2,1-2H3. The fraction of sp³-hybridized carbons (Fsp3) is 0.545. The Morgan fingerprint density at radius 3 is 2.94 bits per heavy atom. The third-order valence-corrected chi connectivity index (χ3v) is 4.06. The van der Waals surface area contributed by atoms with E-state index in [2.05, 4.69) is 25.9 Å². The largest absolute Gasteiger partial charge is 0.309 e. The predicted octanol–water partition coefficient (Wildman–Crippen LogP) is 1.28. The lowest BCUT2D eigenvalue weighted by molar-refractivity contribution is 0.717. The van der Waals surface area contributed by atoms with Crippen molar-refractivity contribution >= 4 is 11.8 Å². The molecular weight excluding hydrogens is 234 g/mol. The van der Waals surface area contributed by atoms with Crippen molar-refractivity contribution in [1.29, 1.82) is 0 Å². The van der Waals surface area contributed by atoms with Crippen LogP contribution in [0.2, 0.25) is 0 Å². The van der Waals surface area contributed by atoms with Crippen LogP contribution in [-0.4, -0.2) is 36.1 Å². The van der Waals surface area contributed by atoms with E-state index in [1.54, 1.807) is 0 Å². The van der Waals surface area contributed by atoms with Crippen LogP contribution in [0.3, 0.4) is 0 Å². The smallest absolute Gasteiger partial charge is 0.184 e. The Kier molecular flexibility index (Phi) is 2.66. The lowest BCUT2D eigenvalue weighted by atomic mass is 10.3. The molecule has 17 heavy (non-hydrogen) atoms. The summed E-state index contributed by atoms with van der Waals surface area (Å²) in [6.07, 6.45) is 1.00. The summed E-state index contributed by atoms with van der Waals surface area (Å²) in [6, 6.07) is 2.06. The number of aromatic nitrogens is 5. The molecule has 2 aromatic rings. The summed E-state index contributed by atoms with van der Waals surface area (Å²) in [7, 11) is 1.95. The molecule has 0 unspecified atom stereocenters. The summed E-state index contributed by atoms with van der Waals surface area (Å²) < 4.78 is 4.09. The van der Waals surface area contributed by atoms with Crippen LogP contribution in [0.1, 0.15) is 11.5 Å². The van der Waals surface area contributed by atoms with E-state index in [0.29, 0.717) is 0 Å². The van der Waals surface area contributed by atoms with E-state index >= 15 is 0 Å². The molecule has 0 saturated heterocycles. The molecule has 0 spiro atoms. The van der Waals surface area contributed by atoms with Crippen molar-refractivity contribution in [2.75, 3.05) is 11.5 Å². The fourth-order valence-electron chi connectivity index (χ4n) is 2.04. The molecule has 3 rings (SSSR count). The van der Waals surface area contributed by atoms with Gasteiger partial charge in [-0.1, -0.05) is 0 Å².